The highest BCUT2D eigenvalue weighted by Gasteiger charge is 2.28. The van der Waals surface area contributed by atoms with Crippen molar-refractivity contribution in [2.24, 2.45) is 5.92 Å². The number of carbonyl (C=O) groups excluding carboxylic acids is 2. The first-order valence-corrected chi connectivity index (χ1v) is 5.51. The zero-order chi connectivity index (χ0) is 11.3. The maximum Gasteiger partial charge on any atom is 0.290 e. The highest BCUT2D eigenvalue weighted by Crippen LogP contribution is 2.05. The van der Waals surface area contributed by atoms with E-state index in [0.29, 0.717) is 32.0 Å². The summed E-state index contributed by atoms with van der Waals surface area (Å²) in [5.41, 5.74) is 0. The van der Waals surface area contributed by atoms with Gasteiger partial charge in [0, 0.05) is 26.1 Å². The third-order valence-corrected chi connectivity index (χ3v) is 2.48. The molecule has 1 aliphatic rings. The van der Waals surface area contributed by atoms with Gasteiger partial charge in [0.15, 0.2) is 0 Å². The van der Waals surface area contributed by atoms with Crippen molar-refractivity contribution >= 4 is 11.7 Å². The van der Waals surface area contributed by atoms with Gasteiger partial charge in [-0.15, -0.1) is 0 Å². The van der Waals surface area contributed by atoms with Crippen LogP contribution in [-0.4, -0.2) is 42.9 Å². The summed E-state index contributed by atoms with van der Waals surface area (Å²) in [6.07, 6.45) is 1.40. The zero-order valence-corrected chi connectivity index (χ0v) is 9.49. The van der Waals surface area contributed by atoms with Crippen molar-refractivity contribution in [2.75, 3.05) is 26.3 Å². The Morgan fingerprint density at radius 1 is 1.33 bits per heavy atom. The van der Waals surface area contributed by atoms with E-state index < -0.39 is 0 Å². The Balaban J connectivity index is 2.06. The molecule has 1 amide bonds. The number of hydrogen-bond acceptors (Lipinski definition) is 3. The number of rotatable bonds is 6. The van der Waals surface area contributed by atoms with Gasteiger partial charge in [-0.2, -0.15) is 0 Å². The van der Waals surface area contributed by atoms with Crippen LogP contribution in [0.25, 0.3) is 0 Å². The summed E-state index contributed by atoms with van der Waals surface area (Å²) < 4.78 is 5.38. The summed E-state index contributed by atoms with van der Waals surface area (Å²) in [6.45, 7) is 6.66. The van der Waals surface area contributed by atoms with Crippen LogP contribution in [0.5, 0.6) is 0 Å². The Bertz CT molecular complexity index is 238. The van der Waals surface area contributed by atoms with Crippen LogP contribution in [0, 0.1) is 5.92 Å². The molecule has 1 heterocycles. The molecule has 86 valence electrons. The number of nitrogens with zero attached hydrogens (tertiary/aromatic N) is 1. The van der Waals surface area contributed by atoms with Gasteiger partial charge in [-0.25, -0.2) is 0 Å². The molecule has 0 unspecified atom stereocenters. The smallest absolute Gasteiger partial charge is 0.290 e. The van der Waals surface area contributed by atoms with E-state index >= 15 is 0 Å². The number of Topliss-reactive ketones (excluding diaryl/α,β-unsaturated/α-hetero) is 1. The topological polar surface area (TPSA) is 46.6 Å². The van der Waals surface area contributed by atoms with E-state index in [-0.39, 0.29) is 11.7 Å². The fourth-order valence-electron chi connectivity index (χ4n) is 1.43. The Hall–Kier alpha value is -0.900. The van der Waals surface area contributed by atoms with Gasteiger partial charge in [0.05, 0.1) is 6.61 Å². The van der Waals surface area contributed by atoms with Crippen molar-refractivity contribution in [3.8, 4) is 0 Å². The Kier molecular flexibility index (Phi) is 4.75. The second kappa shape index (κ2) is 5.85. The molecule has 1 saturated heterocycles. The molecule has 0 aromatic heterocycles. The third-order valence-electron chi connectivity index (χ3n) is 2.48. The first-order chi connectivity index (χ1) is 7.11. The quantitative estimate of drug-likeness (QED) is 0.485. The lowest BCUT2D eigenvalue weighted by Gasteiger charge is -2.14. The van der Waals surface area contributed by atoms with Gasteiger partial charge >= 0.3 is 0 Å². The summed E-state index contributed by atoms with van der Waals surface area (Å²) in [5.74, 6) is 0.0274. The molecular weight excluding hydrogens is 194 g/mol. The SMILES string of the molecule is CC(C)CCOCCN1CCC(=O)C1=O. The molecule has 0 aliphatic carbocycles. The minimum atomic E-state index is -0.345. The van der Waals surface area contributed by atoms with Crippen LogP contribution in [0.1, 0.15) is 26.7 Å². The molecule has 1 fully saturated rings. The third kappa shape index (κ3) is 4.00. The predicted octanol–water partition coefficient (Wildman–Crippen LogP) is 0.851. The van der Waals surface area contributed by atoms with E-state index in [4.69, 9.17) is 4.74 Å². The number of ether oxygens (including phenoxy) is 1. The molecule has 15 heavy (non-hydrogen) atoms. The van der Waals surface area contributed by atoms with E-state index in [1.165, 1.54) is 0 Å². The highest BCUT2D eigenvalue weighted by atomic mass is 16.5. The van der Waals surface area contributed by atoms with Crippen LogP contribution in [0.4, 0.5) is 0 Å². The van der Waals surface area contributed by atoms with Crippen LogP contribution < -0.4 is 0 Å². The normalized spacial score (nSPS) is 16.9. The maximum atomic E-state index is 11.2. The van der Waals surface area contributed by atoms with Crippen LogP contribution in [0.15, 0.2) is 0 Å². The summed E-state index contributed by atoms with van der Waals surface area (Å²) in [5, 5.41) is 0. The first-order valence-electron chi connectivity index (χ1n) is 5.51. The van der Waals surface area contributed by atoms with Crippen LogP contribution in [0.3, 0.4) is 0 Å². The number of hydrogen-bond donors (Lipinski definition) is 0. The van der Waals surface area contributed by atoms with Crippen LogP contribution in [0.2, 0.25) is 0 Å². The molecule has 0 atom stereocenters. The van der Waals surface area contributed by atoms with Crippen molar-refractivity contribution in [3.63, 3.8) is 0 Å². The molecule has 0 radical (unpaired) electrons. The minimum absolute atomic E-state index is 0.266. The first kappa shape index (κ1) is 12.2. The molecule has 1 aliphatic heterocycles. The fourth-order valence-corrected chi connectivity index (χ4v) is 1.43. The summed E-state index contributed by atoms with van der Waals surface area (Å²) >= 11 is 0. The lowest BCUT2D eigenvalue weighted by Crippen LogP contribution is -2.30. The van der Waals surface area contributed by atoms with Gasteiger partial charge in [0.2, 0.25) is 5.78 Å². The summed E-state index contributed by atoms with van der Waals surface area (Å²) in [4.78, 5) is 23.7. The van der Waals surface area contributed by atoms with Crippen molar-refractivity contribution in [1.29, 1.82) is 0 Å². The van der Waals surface area contributed by atoms with Gasteiger partial charge in [0.25, 0.3) is 5.91 Å². The summed E-state index contributed by atoms with van der Waals surface area (Å²) in [6, 6.07) is 0. The van der Waals surface area contributed by atoms with E-state index in [0.717, 1.165) is 13.0 Å². The standard InChI is InChI=1S/C11H19NO3/c1-9(2)4-7-15-8-6-12-5-3-10(13)11(12)14/h9H,3-8H2,1-2H3. The zero-order valence-electron chi connectivity index (χ0n) is 9.49. The molecule has 4 nitrogen and oxygen atoms in total. The number of amides is 1. The monoisotopic (exact) mass is 213 g/mol. The average molecular weight is 213 g/mol. The number of carbonyl (C=O) groups is 2. The van der Waals surface area contributed by atoms with Gasteiger partial charge < -0.3 is 9.64 Å². The Labute approximate surface area is 90.6 Å². The summed E-state index contributed by atoms with van der Waals surface area (Å²) in [7, 11) is 0. The second-order valence-electron chi connectivity index (χ2n) is 4.26. The molecule has 0 bridgehead atoms. The van der Waals surface area contributed by atoms with E-state index in [9.17, 15) is 9.59 Å². The molecule has 0 N–H and O–H groups in total. The van der Waals surface area contributed by atoms with Gasteiger partial charge in [-0.05, 0) is 12.3 Å². The molecule has 0 aromatic carbocycles. The van der Waals surface area contributed by atoms with Crippen LogP contribution in [-0.2, 0) is 14.3 Å². The van der Waals surface area contributed by atoms with E-state index in [1.54, 1.807) is 4.90 Å². The Morgan fingerprint density at radius 2 is 2.07 bits per heavy atom. The van der Waals surface area contributed by atoms with Crippen molar-refractivity contribution < 1.29 is 14.3 Å². The maximum absolute atomic E-state index is 11.2. The lowest BCUT2D eigenvalue weighted by molar-refractivity contribution is -0.140. The molecular formula is C11H19NO3. The van der Waals surface area contributed by atoms with Crippen molar-refractivity contribution in [3.05, 3.63) is 0 Å². The molecule has 1 rings (SSSR count). The average Bonchev–Trinajstić information content (AvgIpc) is 2.48. The molecule has 0 spiro atoms. The lowest BCUT2D eigenvalue weighted by atomic mass is 10.1. The highest BCUT2D eigenvalue weighted by molar-refractivity contribution is 6.37. The van der Waals surface area contributed by atoms with E-state index in [1.807, 2.05) is 0 Å². The molecule has 0 saturated carbocycles. The second-order valence-corrected chi connectivity index (χ2v) is 4.26. The van der Waals surface area contributed by atoms with Crippen molar-refractivity contribution in [1.82, 2.24) is 4.90 Å². The van der Waals surface area contributed by atoms with E-state index in [2.05, 4.69) is 13.8 Å². The van der Waals surface area contributed by atoms with Gasteiger partial charge in [-0.1, -0.05) is 13.8 Å². The van der Waals surface area contributed by atoms with Gasteiger partial charge in [0.1, 0.15) is 0 Å². The largest absolute Gasteiger partial charge is 0.380 e. The predicted molar refractivity (Wildman–Crippen MR) is 56.5 cm³/mol. The van der Waals surface area contributed by atoms with Gasteiger partial charge in [-0.3, -0.25) is 9.59 Å². The Morgan fingerprint density at radius 3 is 2.60 bits per heavy atom. The molecule has 4 heteroatoms. The van der Waals surface area contributed by atoms with Crippen molar-refractivity contribution in [2.45, 2.75) is 26.7 Å². The number of likely N-dealkylation sites (tertiary alicyclic amines) is 1. The fraction of sp³-hybridized carbons (Fsp3) is 0.818. The van der Waals surface area contributed by atoms with Crippen LogP contribution >= 0.6 is 0 Å². The number of ketones is 1. The minimum Gasteiger partial charge on any atom is -0.380 e. The molecule has 0 aromatic rings.